The first kappa shape index (κ1) is 15.6. The summed E-state index contributed by atoms with van der Waals surface area (Å²) in [5, 5.41) is 0. The molecule has 0 aliphatic heterocycles. The normalized spacial score (nSPS) is 10.2. The maximum Gasteiger partial charge on any atom is 0.142 e. The van der Waals surface area contributed by atoms with Crippen LogP contribution in [0.3, 0.4) is 0 Å². The summed E-state index contributed by atoms with van der Waals surface area (Å²) in [4.78, 5) is 0. The van der Waals surface area contributed by atoms with E-state index in [-0.39, 0.29) is 0 Å². The summed E-state index contributed by atoms with van der Waals surface area (Å²) in [6.45, 7) is 0. The van der Waals surface area contributed by atoms with Gasteiger partial charge in [0.2, 0.25) is 0 Å². The smallest absolute Gasteiger partial charge is 0.142 e. The molecule has 0 unspecified atom stereocenters. The zero-order chi connectivity index (χ0) is 16.3. The molecule has 0 heterocycles. The molecule has 0 aromatic heterocycles. The summed E-state index contributed by atoms with van der Waals surface area (Å²) in [5.74, 6) is 2.30. The van der Waals surface area contributed by atoms with Crippen molar-refractivity contribution in [3.05, 3.63) is 24.3 Å². The molecule has 2 aromatic carbocycles. The summed E-state index contributed by atoms with van der Waals surface area (Å²) in [6.07, 6.45) is 0. The van der Waals surface area contributed by atoms with Gasteiger partial charge >= 0.3 is 0 Å². The van der Waals surface area contributed by atoms with Gasteiger partial charge in [0.1, 0.15) is 23.0 Å². The molecule has 0 radical (unpaired) electrons. The SMILES string of the molecule is COc1cc(-c2cc(OC)c(N)cc2OC)c(OC)cc1N. The monoisotopic (exact) mass is 304 g/mol. The summed E-state index contributed by atoms with van der Waals surface area (Å²) in [5.41, 5.74) is 14.4. The molecule has 2 aromatic rings. The number of benzene rings is 2. The topological polar surface area (TPSA) is 89.0 Å². The number of nitrogens with two attached hydrogens (primary N) is 2. The summed E-state index contributed by atoms with van der Waals surface area (Å²) in [7, 11) is 6.27. The highest BCUT2D eigenvalue weighted by molar-refractivity contribution is 5.83. The second-order valence-electron chi connectivity index (χ2n) is 4.59. The molecular weight excluding hydrogens is 284 g/mol. The fourth-order valence-electron chi connectivity index (χ4n) is 2.26. The van der Waals surface area contributed by atoms with Crippen molar-refractivity contribution in [2.75, 3.05) is 39.9 Å². The van der Waals surface area contributed by atoms with Crippen LogP contribution in [-0.4, -0.2) is 28.4 Å². The summed E-state index contributed by atoms with van der Waals surface area (Å²) < 4.78 is 21.4. The van der Waals surface area contributed by atoms with E-state index in [0.717, 1.165) is 11.1 Å². The van der Waals surface area contributed by atoms with Crippen LogP contribution in [0.25, 0.3) is 11.1 Å². The summed E-state index contributed by atoms with van der Waals surface area (Å²) in [6, 6.07) is 7.00. The molecule has 0 aliphatic carbocycles. The Morgan fingerprint density at radius 1 is 0.545 bits per heavy atom. The molecule has 0 aliphatic rings. The van der Waals surface area contributed by atoms with E-state index in [9.17, 15) is 0 Å². The number of hydrogen-bond donors (Lipinski definition) is 2. The predicted molar refractivity (Wildman–Crippen MR) is 86.9 cm³/mol. The third-order valence-electron chi connectivity index (χ3n) is 3.39. The largest absolute Gasteiger partial charge is 0.496 e. The molecule has 0 bridgehead atoms. The second-order valence-corrected chi connectivity index (χ2v) is 4.59. The molecule has 22 heavy (non-hydrogen) atoms. The van der Waals surface area contributed by atoms with E-state index in [2.05, 4.69) is 0 Å². The van der Waals surface area contributed by atoms with Crippen LogP contribution < -0.4 is 30.4 Å². The van der Waals surface area contributed by atoms with E-state index in [1.54, 1.807) is 52.7 Å². The molecule has 0 spiro atoms. The van der Waals surface area contributed by atoms with E-state index in [4.69, 9.17) is 30.4 Å². The van der Waals surface area contributed by atoms with E-state index >= 15 is 0 Å². The van der Waals surface area contributed by atoms with Crippen LogP contribution in [0.15, 0.2) is 24.3 Å². The average Bonchev–Trinajstić information content (AvgIpc) is 2.54. The molecule has 0 saturated heterocycles. The number of anilines is 2. The van der Waals surface area contributed by atoms with Crippen LogP contribution >= 0.6 is 0 Å². The zero-order valence-corrected chi connectivity index (χ0v) is 13.1. The van der Waals surface area contributed by atoms with E-state index in [1.807, 2.05) is 0 Å². The molecule has 0 saturated carbocycles. The van der Waals surface area contributed by atoms with Gasteiger partial charge in [-0.2, -0.15) is 0 Å². The lowest BCUT2D eigenvalue weighted by atomic mass is 10.0. The quantitative estimate of drug-likeness (QED) is 0.825. The Labute approximate surface area is 129 Å². The number of nitrogen functional groups attached to an aromatic ring is 2. The number of methoxy groups -OCH3 is 4. The number of ether oxygens (including phenoxy) is 4. The highest BCUT2D eigenvalue weighted by atomic mass is 16.5. The lowest BCUT2D eigenvalue weighted by Gasteiger charge is -2.17. The van der Waals surface area contributed by atoms with Gasteiger partial charge in [-0.15, -0.1) is 0 Å². The minimum Gasteiger partial charge on any atom is -0.496 e. The number of rotatable bonds is 5. The standard InChI is InChI=1S/C16H20N2O4/c1-19-13-7-11(17)15(21-3)5-9(13)10-6-16(22-4)12(18)8-14(10)20-2/h5-8H,17-18H2,1-4H3. The Kier molecular flexibility index (Phi) is 4.50. The van der Waals surface area contributed by atoms with E-state index in [0.29, 0.717) is 34.4 Å². The van der Waals surface area contributed by atoms with Gasteiger partial charge in [0.05, 0.1) is 39.8 Å². The predicted octanol–water partition coefficient (Wildman–Crippen LogP) is 2.55. The van der Waals surface area contributed by atoms with Gasteiger partial charge in [-0.1, -0.05) is 0 Å². The third kappa shape index (κ3) is 2.67. The van der Waals surface area contributed by atoms with Crippen LogP contribution in [0.2, 0.25) is 0 Å². The lowest BCUT2D eigenvalue weighted by Crippen LogP contribution is -1.99. The lowest BCUT2D eigenvalue weighted by molar-refractivity contribution is 0.401. The molecular formula is C16H20N2O4. The highest BCUT2D eigenvalue weighted by Gasteiger charge is 2.17. The Morgan fingerprint density at radius 3 is 1.14 bits per heavy atom. The first-order valence-corrected chi connectivity index (χ1v) is 6.59. The molecule has 6 heteroatoms. The molecule has 6 nitrogen and oxygen atoms in total. The molecule has 0 amide bonds. The van der Waals surface area contributed by atoms with Gasteiger partial charge in [-0.05, 0) is 12.1 Å². The van der Waals surface area contributed by atoms with Crippen LogP contribution in [0.5, 0.6) is 23.0 Å². The van der Waals surface area contributed by atoms with E-state index < -0.39 is 0 Å². The fourth-order valence-corrected chi connectivity index (χ4v) is 2.26. The Morgan fingerprint density at radius 2 is 0.864 bits per heavy atom. The first-order chi connectivity index (χ1) is 10.5. The summed E-state index contributed by atoms with van der Waals surface area (Å²) >= 11 is 0. The second kappa shape index (κ2) is 6.34. The molecule has 0 atom stereocenters. The Balaban J connectivity index is 2.74. The van der Waals surface area contributed by atoms with Gasteiger partial charge in [0.15, 0.2) is 0 Å². The van der Waals surface area contributed by atoms with Crippen molar-refractivity contribution < 1.29 is 18.9 Å². The van der Waals surface area contributed by atoms with Crippen molar-refractivity contribution in [2.24, 2.45) is 0 Å². The van der Waals surface area contributed by atoms with Gasteiger partial charge in [0.25, 0.3) is 0 Å². The van der Waals surface area contributed by atoms with Crippen molar-refractivity contribution >= 4 is 11.4 Å². The van der Waals surface area contributed by atoms with Gasteiger partial charge in [0, 0.05) is 23.3 Å². The van der Waals surface area contributed by atoms with Crippen LogP contribution in [-0.2, 0) is 0 Å². The molecule has 4 N–H and O–H groups in total. The van der Waals surface area contributed by atoms with Crippen molar-refractivity contribution in [1.29, 1.82) is 0 Å². The molecule has 2 rings (SSSR count). The maximum absolute atomic E-state index is 5.92. The Bertz CT molecular complexity index is 627. The minimum atomic E-state index is 0.490. The van der Waals surface area contributed by atoms with E-state index in [1.165, 1.54) is 0 Å². The number of hydrogen-bond acceptors (Lipinski definition) is 6. The molecule has 118 valence electrons. The van der Waals surface area contributed by atoms with Gasteiger partial charge < -0.3 is 30.4 Å². The van der Waals surface area contributed by atoms with Crippen LogP contribution in [0, 0.1) is 0 Å². The molecule has 0 fully saturated rings. The average molecular weight is 304 g/mol. The highest BCUT2D eigenvalue weighted by Crippen LogP contribution is 2.44. The van der Waals surface area contributed by atoms with Crippen molar-refractivity contribution in [3.63, 3.8) is 0 Å². The van der Waals surface area contributed by atoms with Crippen molar-refractivity contribution in [3.8, 4) is 34.1 Å². The maximum atomic E-state index is 5.92. The third-order valence-corrected chi connectivity index (χ3v) is 3.39. The minimum absolute atomic E-state index is 0.490. The zero-order valence-electron chi connectivity index (χ0n) is 13.1. The van der Waals surface area contributed by atoms with Crippen LogP contribution in [0.1, 0.15) is 0 Å². The van der Waals surface area contributed by atoms with Gasteiger partial charge in [-0.25, -0.2) is 0 Å². The van der Waals surface area contributed by atoms with Crippen molar-refractivity contribution in [2.45, 2.75) is 0 Å². The van der Waals surface area contributed by atoms with Crippen LogP contribution in [0.4, 0.5) is 11.4 Å². The van der Waals surface area contributed by atoms with Gasteiger partial charge in [-0.3, -0.25) is 0 Å². The fraction of sp³-hybridized carbons (Fsp3) is 0.250. The first-order valence-electron chi connectivity index (χ1n) is 6.59. The Hall–Kier alpha value is -2.76. The van der Waals surface area contributed by atoms with Crippen molar-refractivity contribution in [1.82, 2.24) is 0 Å².